The van der Waals surface area contributed by atoms with Gasteiger partial charge in [0.05, 0.1) is 12.7 Å². The van der Waals surface area contributed by atoms with Gasteiger partial charge in [0.25, 0.3) is 0 Å². The van der Waals surface area contributed by atoms with Gasteiger partial charge >= 0.3 is 11.9 Å². The molecule has 1 rings (SSSR count). The van der Waals surface area contributed by atoms with Crippen LogP contribution in [-0.2, 0) is 9.59 Å². The maximum atomic E-state index is 10.3. The molecule has 0 saturated carbocycles. The van der Waals surface area contributed by atoms with E-state index in [1.165, 1.54) is 0 Å². The number of nitrogens with zero attached hydrogens (tertiary/aromatic N) is 1. The Morgan fingerprint density at radius 1 is 1.20 bits per heavy atom. The highest BCUT2D eigenvalue weighted by molar-refractivity contribution is 5.69. The molecule has 0 aromatic rings. The molecule has 8 heteroatoms. The Kier molecular flexibility index (Phi) is 10.9. The molecule has 0 bridgehead atoms. The largest absolute Gasteiger partial charge is 0.481 e. The van der Waals surface area contributed by atoms with Crippen molar-refractivity contribution in [2.45, 2.75) is 31.8 Å². The molecule has 1 aliphatic rings. The smallest absolute Gasteiger partial charge is 0.317 e. The molecule has 1 unspecified atom stereocenters. The summed E-state index contributed by atoms with van der Waals surface area (Å²) in [7, 11) is 0. The molecular formula is C12H26N4O4. The molecule has 0 radical (unpaired) electrons. The van der Waals surface area contributed by atoms with E-state index in [0.717, 1.165) is 25.8 Å². The Labute approximate surface area is 119 Å². The van der Waals surface area contributed by atoms with Crippen LogP contribution in [0.5, 0.6) is 0 Å². The van der Waals surface area contributed by atoms with E-state index in [4.69, 9.17) is 21.7 Å². The molecule has 1 atom stereocenters. The number of piperazine rings is 1. The van der Waals surface area contributed by atoms with Crippen molar-refractivity contribution in [2.24, 2.45) is 11.5 Å². The monoisotopic (exact) mass is 290 g/mol. The molecule has 20 heavy (non-hydrogen) atoms. The third-order valence-electron chi connectivity index (χ3n) is 2.83. The normalized spacial score (nSPS) is 19.0. The number of unbranched alkanes of at least 4 members (excludes halogenated alkanes) is 2. The van der Waals surface area contributed by atoms with Crippen LogP contribution in [-0.4, -0.2) is 65.9 Å². The average Bonchev–Trinajstić information content (AvgIpc) is 2.38. The van der Waals surface area contributed by atoms with Crippen LogP contribution in [0.2, 0.25) is 0 Å². The summed E-state index contributed by atoms with van der Waals surface area (Å²) >= 11 is 0. The Balaban J connectivity index is 0.000000370. The minimum Gasteiger partial charge on any atom is -0.481 e. The fourth-order valence-corrected chi connectivity index (χ4v) is 1.73. The zero-order valence-electron chi connectivity index (χ0n) is 11.8. The molecule has 0 aromatic carbocycles. The Hall–Kier alpha value is -1.22. The molecule has 7 N–H and O–H groups in total. The molecule has 0 spiro atoms. The number of hydrogen-bond donors (Lipinski definition) is 5. The second kappa shape index (κ2) is 11.6. The predicted molar refractivity (Wildman–Crippen MR) is 75.2 cm³/mol. The molecule has 0 amide bonds. The van der Waals surface area contributed by atoms with Crippen molar-refractivity contribution >= 4 is 11.9 Å². The molecular weight excluding hydrogens is 264 g/mol. The van der Waals surface area contributed by atoms with E-state index in [1.807, 2.05) is 0 Å². The van der Waals surface area contributed by atoms with Gasteiger partial charge in [0.15, 0.2) is 0 Å². The second-order valence-corrected chi connectivity index (χ2v) is 4.63. The van der Waals surface area contributed by atoms with Gasteiger partial charge < -0.3 is 27.0 Å². The van der Waals surface area contributed by atoms with Crippen molar-refractivity contribution in [1.29, 1.82) is 0 Å². The second-order valence-electron chi connectivity index (χ2n) is 4.63. The van der Waals surface area contributed by atoms with Crippen molar-refractivity contribution in [3.05, 3.63) is 0 Å². The van der Waals surface area contributed by atoms with Crippen LogP contribution in [0.3, 0.4) is 0 Å². The lowest BCUT2D eigenvalue weighted by Crippen LogP contribution is -2.56. The SMILES string of the molecule is NC1CNCCN1CC(=O)O.NCCCCCC(=O)O. The molecule has 1 aliphatic heterocycles. The van der Waals surface area contributed by atoms with Crippen LogP contribution < -0.4 is 16.8 Å². The van der Waals surface area contributed by atoms with Crippen LogP contribution in [0.25, 0.3) is 0 Å². The average molecular weight is 290 g/mol. The lowest BCUT2D eigenvalue weighted by atomic mass is 10.2. The van der Waals surface area contributed by atoms with E-state index in [1.54, 1.807) is 4.90 Å². The van der Waals surface area contributed by atoms with Crippen LogP contribution in [0.1, 0.15) is 25.7 Å². The predicted octanol–water partition coefficient (Wildman–Crippen LogP) is -1.15. The van der Waals surface area contributed by atoms with Crippen molar-refractivity contribution in [3.63, 3.8) is 0 Å². The molecule has 1 fully saturated rings. The number of carboxylic acids is 2. The van der Waals surface area contributed by atoms with Gasteiger partial charge in [-0.1, -0.05) is 6.42 Å². The number of carboxylic acid groups (broad SMARTS) is 2. The lowest BCUT2D eigenvalue weighted by molar-refractivity contribution is -0.139. The van der Waals surface area contributed by atoms with Gasteiger partial charge in [0, 0.05) is 26.1 Å². The molecule has 0 aliphatic carbocycles. The van der Waals surface area contributed by atoms with E-state index in [2.05, 4.69) is 5.32 Å². The zero-order chi connectivity index (χ0) is 15.4. The third kappa shape index (κ3) is 10.7. The molecule has 1 saturated heterocycles. The van der Waals surface area contributed by atoms with Crippen molar-refractivity contribution in [2.75, 3.05) is 32.7 Å². The minimum absolute atomic E-state index is 0.0445. The van der Waals surface area contributed by atoms with E-state index >= 15 is 0 Å². The summed E-state index contributed by atoms with van der Waals surface area (Å²) < 4.78 is 0. The molecule has 1 heterocycles. The summed E-state index contributed by atoms with van der Waals surface area (Å²) in [5.41, 5.74) is 10.8. The van der Waals surface area contributed by atoms with Crippen molar-refractivity contribution < 1.29 is 19.8 Å². The number of nitrogens with two attached hydrogens (primary N) is 2. The van der Waals surface area contributed by atoms with E-state index in [0.29, 0.717) is 19.6 Å². The Bertz CT molecular complexity index is 289. The Morgan fingerprint density at radius 3 is 2.40 bits per heavy atom. The zero-order valence-corrected chi connectivity index (χ0v) is 11.8. The van der Waals surface area contributed by atoms with Gasteiger partial charge in [-0.15, -0.1) is 0 Å². The number of nitrogens with one attached hydrogen (secondary N) is 1. The standard InChI is InChI=1S/C6H13N3O2.C6H13NO2/c7-5-3-8-1-2-9(5)4-6(10)11;7-5-3-1-2-4-6(8)9/h5,8H,1-4,7H2,(H,10,11);1-5,7H2,(H,8,9). The van der Waals surface area contributed by atoms with E-state index in [9.17, 15) is 9.59 Å². The lowest BCUT2D eigenvalue weighted by Gasteiger charge is -2.31. The Morgan fingerprint density at radius 2 is 1.90 bits per heavy atom. The first-order valence-corrected chi connectivity index (χ1v) is 6.81. The fraction of sp³-hybridized carbons (Fsp3) is 0.833. The van der Waals surface area contributed by atoms with Gasteiger partial charge in [-0.3, -0.25) is 14.5 Å². The van der Waals surface area contributed by atoms with Gasteiger partial charge in [-0.05, 0) is 19.4 Å². The highest BCUT2D eigenvalue weighted by Gasteiger charge is 2.19. The van der Waals surface area contributed by atoms with E-state index < -0.39 is 11.9 Å². The molecule has 0 aromatic heterocycles. The first-order chi connectivity index (χ1) is 9.47. The van der Waals surface area contributed by atoms with Gasteiger partial charge in [-0.2, -0.15) is 0 Å². The molecule has 8 nitrogen and oxygen atoms in total. The summed E-state index contributed by atoms with van der Waals surface area (Å²) in [6.45, 7) is 2.92. The topological polar surface area (TPSA) is 142 Å². The summed E-state index contributed by atoms with van der Waals surface area (Å²) in [4.78, 5) is 22.0. The highest BCUT2D eigenvalue weighted by atomic mass is 16.4. The van der Waals surface area contributed by atoms with Gasteiger partial charge in [-0.25, -0.2) is 0 Å². The quantitative estimate of drug-likeness (QED) is 0.370. The number of aliphatic carboxylic acids is 2. The maximum Gasteiger partial charge on any atom is 0.317 e. The summed E-state index contributed by atoms with van der Waals surface area (Å²) in [6, 6.07) is 0. The van der Waals surface area contributed by atoms with Gasteiger partial charge in [0.2, 0.25) is 0 Å². The first kappa shape index (κ1) is 18.8. The number of rotatable bonds is 7. The third-order valence-corrected chi connectivity index (χ3v) is 2.83. The maximum absolute atomic E-state index is 10.3. The van der Waals surface area contributed by atoms with Gasteiger partial charge in [0.1, 0.15) is 0 Å². The molecule has 118 valence electrons. The minimum atomic E-state index is -0.817. The first-order valence-electron chi connectivity index (χ1n) is 6.81. The van der Waals surface area contributed by atoms with Crippen LogP contribution in [0.4, 0.5) is 0 Å². The van der Waals surface area contributed by atoms with E-state index in [-0.39, 0.29) is 19.1 Å². The summed E-state index contributed by atoms with van der Waals surface area (Å²) in [5.74, 6) is -1.53. The highest BCUT2D eigenvalue weighted by Crippen LogP contribution is 1.97. The van der Waals surface area contributed by atoms with Crippen molar-refractivity contribution in [3.8, 4) is 0 Å². The number of carbonyl (C=O) groups is 2. The fourth-order valence-electron chi connectivity index (χ4n) is 1.73. The summed E-state index contributed by atoms with van der Waals surface area (Å²) in [5, 5.41) is 19.7. The van der Waals surface area contributed by atoms with Crippen LogP contribution in [0, 0.1) is 0 Å². The number of hydrogen-bond acceptors (Lipinski definition) is 6. The van der Waals surface area contributed by atoms with Crippen LogP contribution >= 0.6 is 0 Å². The van der Waals surface area contributed by atoms with Crippen LogP contribution in [0.15, 0.2) is 0 Å². The summed E-state index contributed by atoms with van der Waals surface area (Å²) in [6.07, 6.45) is 2.75. The van der Waals surface area contributed by atoms with Crippen molar-refractivity contribution in [1.82, 2.24) is 10.2 Å².